The van der Waals surface area contributed by atoms with Crippen molar-refractivity contribution in [2.75, 3.05) is 0 Å². The predicted octanol–water partition coefficient (Wildman–Crippen LogP) is 4.76. The van der Waals surface area contributed by atoms with Crippen molar-refractivity contribution in [1.29, 1.82) is 5.41 Å². The van der Waals surface area contributed by atoms with E-state index < -0.39 is 0 Å². The third kappa shape index (κ3) is 4.27. The molecular weight excluding hydrogens is 332 g/mol. The number of rotatable bonds is 7. The van der Waals surface area contributed by atoms with E-state index in [4.69, 9.17) is 16.1 Å². The minimum Gasteiger partial charge on any atom is -0.384 e. The van der Waals surface area contributed by atoms with Crippen LogP contribution in [0.25, 0.3) is 11.3 Å². The Bertz CT molecular complexity index is 905. The summed E-state index contributed by atoms with van der Waals surface area (Å²) in [6.45, 7) is 7.60. The Kier molecular flexibility index (Phi) is 5.45. The zero-order valence-corrected chi connectivity index (χ0v) is 16.4. The lowest BCUT2D eigenvalue weighted by Gasteiger charge is -2.23. The van der Waals surface area contributed by atoms with Crippen molar-refractivity contribution >= 4 is 5.84 Å². The van der Waals surface area contributed by atoms with Crippen LogP contribution in [0, 0.1) is 5.41 Å². The Balaban J connectivity index is 1.92. The number of hydrogen-bond acceptors (Lipinski definition) is 2. The van der Waals surface area contributed by atoms with Gasteiger partial charge in [-0.05, 0) is 18.4 Å². The van der Waals surface area contributed by atoms with E-state index >= 15 is 0 Å². The number of aromatic nitrogens is 2. The molecule has 3 N–H and O–H groups in total. The molecule has 140 valence electrons. The van der Waals surface area contributed by atoms with E-state index in [0.717, 1.165) is 42.0 Å². The second kappa shape index (κ2) is 7.78. The molecule has 0 saturated heterocycles. The van der Waals surface area contributed by atoms with Crippen LogP contribution in [-0.2, 0) is 18.4 Å². The first-order valence-corrected chi connectivity index (χ1v) is 9.47. The highest BCUT2D eigenvalue weighted by atomic mass is 15.1. The molecule has 0 radical (unpaired) electrons. The van der Waals surface area contributed by atoms with Crippen molar-refractivity contribution < 1.29 is 0 Å². The largest absolute Gasteiger partial charge is 0.384 e. The molecule has 2 aromatic carbocycles. The number of nitrogens with zero attached hydrogens (tertiary/aromatic N) is 2. The number of nitrogen functional groups attached to an aromatic ring is 1. The van der Waals surface area contributed by atoms with E-state index in [9.17, 15) is 0 Å². The predicted molar refractivity (Wildman–Crippen MR) is 112 cm³/mol. The Morgan fingerprint density at radius 3 is 2.33 bits per heavy atom. The molecule has 0 saturated carbocycles. The van der Waals surface area contributed by atoms with E-state index in [1.807, 2.05) is 24.3 Å². The summed E-state index contributed by atoms with van der Waals surface area (Å²) in [6.07, 6.45) is 4.16. The zero-order chi connectivity index (χ0) is 19.4. The van der Waals surface area contributed by atoms with Gasteiger partial charge >= 0.3 is 0 Å². The molecule has 27 heavy (non-hydrogen) atoms. The highest BCUT2D eigenvalue weighted by Crippen LogP contribution is 2.29. The van der Waals surface area contributed by atoms with Gasteiger partial charge in [0.25, 0.3) is 0 Å². The van der Waals surface area contributed by atoms with Crippen LogP contribution >= 0.6 is 0 Å². The third-order valence-electron chi connectivity index (χ3n) is 5.24. The smallest absolute Gasteiger partial charge is 0.122 e. The lowest BCUT2D eigenvalue weighted by atomic mass is 9.89. The lowest BCUT2D eigenvalue weighted by molar-refractivity contribution is 0.442. The molecule has 1 heterocycles. The summed E-state index contributed by atoms with van der Waals surface area (Å²) < 4.78 is 2.30. The summed E-state index contributed by atoms with van der Waals surface area (Å²) in [6, 6.07) is 18.3. The number of aryl methyl sites for hydroxylation is 2. The van der Waals surface area contributed by atoms with Crippen LogP contribution < -0.4 is 5.73 Å². The van der Waals surface area contributed by atoms with Crippen molar-refractivity contribution in [3.63, 3.8) is 0 Å². The lowest BCUT2D eigenvalue weighted by Crippen LogP contribution is -2.22. The molecule has 0 aliphatic rings. The third-order valence-corrected chi connectivity index (χ3v) is 5.24. The Morgan fingerprint density at radius 1 is 1.07 bits per heavy atom. The van der Waals surface area contributed by atoms with Gasteiger partial charge in [0, 0.05) is 29.3 Å². The fourth-order valence-corrected chi connectivity index (χ4v) is 3.14. The van der Waals surface area contributed by atoms with Crippen molar-refractivity contribution in [2.24, 2.45) is 5.73 Å². The summed E-state index contributed by atoms with van der Waals surface area (Å²) in [5.74, 6) is 1.20. The van der Waals surface area contributed by atoms with Crippen LogP contribution in [0.4, 0.5) is 0 Å². The Morgan fingerprint density at radius 2 is 1.74 bits per heavy atom. The molecule has 3 aromatic rings. The molecule has 0 aliphatic carbocycles. The van der Waals surface area contributed by atoms with Crippen molar-refractivity contribution in [1.82, 2.24) is 9.55 Å². The number of hydrogen-bond donors (Lipinski definition) is 2. The topological polar surface area (TPSA) is 67.7 Å². The average molecular weight is 361 g/mol. The number of nitrogens with one attached hydrogen (secondary N) is 1. The summed E-state index contributed by atoms with van der Waals surface area (Å²) in [4.78, 5) is 4.99. The Hall–Kier alpha value is -2.88. The van der Waals surface area contributed by atoms with Gasteiger partial charge < -0.3 is 10.3 Å². The fraction of sp³-hybridized carbons (Fsp3) is 0.304. The molecule has 0 spiro atoms. The Labute approximate surface area is 161 Å². The molecular formula is C23H28N4. The monoisotopic (exact) mass is 360 g/mol. The quantitative estimate of drug-likeness (QED) is 0.471. The normalized spacial score (nSPS) is 11.5. The molecule has 3 rings (SSSR count). The van der Waals surface area contributed by atoms with Gasteiger partial charge in [0.15, 0.2) is 0 Å². The highest BCUT2D eigenvalue weighted by molar-refractivity contribution is 5.95. The molecule has 4 nitrogen and oxygen atoms in total. The van der Waals surface area contributed by atoms with E-state index in [-0.39, 0.29) is 11.3 Å². The van der Waals surface area contributed by atoms with Crippen LogP contribution in [0.15, 0.2) is 60.8 Å². The van der Waals surface area contributed by atoms with Crippen molar-refractivity contribution in [3.8, 4) is 11.3 Å². The van der Waals surface area contributed by atoms with Crippen LogP contribution in [0.5, 0.6) is 0 Å². The second-order valence-electron chi connectivity index (χ2n) is 7.61. The van der Waals surface area contributed by atoms with Gasteiger partial charge in [-0.2, -0.15) is 0 Å². The molecule has 0 bridgehead atoms. The molecule has 1 aromatic heterocycles. The van der Waals surface area contributed by atoms with E-state index in [0.29, 0.717) is 0 Å². The molecule has 0 atom stereocenters. The van der Waals surface area contributed by atoms with Crippen LogP contribution in [-0.4, -0.2) is 15.4 Å². The maximum Gasteiger partial charge on any atom is 0.122 e. The molecule has 4 heteroatoms. The minimum absolute atomic E-state index is 0.00820. The maximum absolute atomic E-state index is 7.55. The summed E-state index contributed by atoms with van der Waals surface area (Å²) in [5, 5.41) is 7.55. The summed E-state index contributed by atoms with van der Waals surface area (Å²) in [7, 11) is 0. The number of imidazole rings is 1. The molecule has 0 unspecified atom stereocenters. The standard InChI is InChI=1S/C23H28N4/c1-4-23(2,3)22-26-20(18-10-12-19(13-11-18)21(24)25)16-27(22)15-14-17-8-6-5-7-9-17/h5-13,16H,4,14-15H2,1-3H3,(H3,24,25). The average Bonchev–Trinajstić information content (AvgIpc) is 3.12. The van der Waals surface area contributed by atoms with E-state index in [1.54, 1.807) is 0 Å². The van der Waals surface area contributed by atoms with Crippen molar-refractivity contribution in [2.45, 2.75) is 45.6 Å². The van der Waals surface area contributed by atoms with E-state index in [1.165, 1.54) is 5.56 Å². The van der Waals surface area contributed by atoms with Crippen LogP contribution in [0.3, 0.4) is 0 Å². The fourth-order valence-electron chi connectivity index (χ4n) is 3.14. The van der Waals surface area contributed by atoms with Gasteiger partial charge in [-0.25, -0.2) is 4.98 Å². The van der Waals surface area contributed by atoms with Gasteiger partial charge in [-0.15, -0.1) is 0 Å². The first-order chi connectivity index (χ1) is 12.9. The van der Waals surface area contributed by atoms with Gasteiger partial charge in [0.05, 0.1) is 5.69 Å². The maximum atomic E-state index is 7.55. The summed E-state index contributed by atoms with van der Waals surface area (Å²) >= 11 is 0. The minimum atomic E-state index is 0.00820. The molecule has 0 amide bonds. The highest BCUT2D eigenvalue weighted by Gasteiger charge is 2.25. The van der Waals surface area contributed by atoms with Crippen LogP contribution in [0.1, 0.15) is 44.1 Å². The number of benzene rings is 2. The first-order valence-electron chi connectivity index (χ1n) is 9.47. The van der Waals surface area contributed by atoms with Gasteiger partial charge in [0.2, 0.25) is 0 Å². The molecule has 0 aliphatic heterocycles. The van der Waals surface area contributed by atoms with E-state index in [2.05, 4.69) is 61.9 Å². The number of nitrogens with two attached hydrogens (primary N) is 1. The zero-order valence-electron chi connectivity index (χ0n) is 16.4. The summed E-state index contributed by atoms with van der Waals surface area (Å²) in [5.41, 5.74) is 9.65. The number of amidine groups is 1. The second-order valence-corrected chi connectivity index (χ2v) is 7.61. The van der Waals surface area contributed by atoms with Gasteiger partial charge in [0.1, 0.15) is 11.7 Å². The van der Waals surface area contributed by atoms with Crippen molar-refractivity contribution in [3.05, 3.63) is 77.7 Å². The first kappa shape index (κ1) is 18.9. The van der Waals surface area contributed by atoms with Gasteiger partial charge in [-0.1, -0.05) is 75.4 Å². The van der Waals surface area contributed by atoms with Gasteiger partial charge in [-0.3, -0.25) is 5.41 Å². The molecule has 0 fully saturated rings. The SMILES string of the molecule is CCC(C)(C)c1nc(-c2ccc(C(=N)N)cc2)cn1CCc1ccccc1. The van der Waals surface area contributed by atoms with Crippen LogP contribution in [0.2, 0.25) is 0 Å².